The molecule has 3 nitrogen and oxygen atoms in total. The Bertz CT molecular complexity index is 427. The highest BCUT2D eigenvalue weighted by Gasteiger charge is 2.41. The summed E-state index contributed by atoms with van der Waals surface area (Å²) in [6, 6.07) is 3.70. The highest BCUT2D eigenvalue weighted by molar-refractivity contribution is 5.68. The lowest BCUT2D eigenvalue weighted by atomic mass is 9.95. The Morgan fingerprint density at radius 3 is 2.11 bits per heavy atom. The van der Waals surface area contributed by atoms with E-state index in [9.17, 15) is 26.7 Å². The van der Waals surface area contributed by atoms with Gasteiger partial charge in [-0.3, -0.25) is 4.79 Å². The van der Waals surface area contributed by atoms with Crippen molar-refractivity contribution in [2.75, 3.05) is 0 Å². The van der Waals surface area contributed by atoms with Gasteiger partial charge in [0, 0.05) is 0 Å². The zero-order valence-electron chi connectivity index (χ0n) is 9.32. The molecule has 0 aliphatic rings. The molecule has 1 unspecified atom stereocenters. The molecule has 0 fully saturated rings. The number of benzene rings is 1. The number of aliphatic carboxylic acids is 1. The maximum Gasteiger partial charge on any atom is 0.396 e. The van der Waals surface area contributed by atoms with E-state index in [1.165, 1.54) is 0 Å². The van der Waals surface area contributed by atoms with E-state index in [4.69, 9.17) is 5.11 Å². The molecular weight excluding hydrogens is 275 g/mol. The first-order valence-corrected chi connectivity index (χ1v) is 5.03. The first-order valence-electron chi connectivity index (χ1n) is 5.03. The van der Waals surface area contributed by atoms with E-state index >= 15 is 0 Å². The topological polar surface area (TPSA) is 46.5 Å². The summed E-state index contributed by atoms with van der Waals surface area (Å²) < 4.78 is 65.7. The van der Waals surface area contributed by atoms with Gasteiger partial charge in [0.05, 0.1) is 12.3 Å². The van der Waals surface area contributed by atoms with Crippen molar-refractivity contribution in [2.24, 2.45) is 0 Å². The van der Waals surface area contributed by atoms with Crippen LogP contribution in [0.1, 0.15) is 17.9 Å². The van der Waals surface area contributed by atoms with Crippen molar-refractivity contribution in [1.82, 2.24) is 0 Å². The third-order valence-electron chi connectivity index (χ3n) is 2.28. The van der Waals surface area contributed by atoms with Gasteiger partial charge in [-0.15, -0.1) is 0 Å². The van der Waals surface area contributed by atoms with E-state index in [1.807, 2.05) is 0 Å². The van der Waals surface area contributed by atoms with Crippen LogP contribution < -0.4 is 4.74 Å². The molecule has 19 heavy (non-hydrogen) atoms. The number of carbonyl (C=O) groups is 1. The minimum atomic E-state index is -4.73. The van der Waals surface area contributed by atoms with E-state index < -0.39 is 31.1 Å². The standard InChI is InChI=1S/C11H9F5O3/c12-10(13)19-7-3-1-6(2-4-7)8(5-9(17)18)11(14,15)16/h1-4,8,10H,5H2,(H,17,18). The molecule has 1 aromatic carbocycles. The molecule has 0 saturated heterocycles. The molecule has 0 radical (unpaired) electrons. The number of carboxylic acids is 1. The van der Waals surface area contributed by atoms with Gasteiger partial charge in [-0.25, -0.2) is 0 Å². The predicted molar refractivity (Wildman–Crippen MR) is 54.1 cm³/mol. The van der Waals surface area contributed by atoms with Gasteiger partial charge in [0.25, 0.3) is 0 Å². The van der Waals surface area contributed by atoms with Gasteiger partial charge >= 0.3 is 18.8 Å². The number of alkyl halides is 5. The van der Waals surface area contributed by atoms with Crippen molar-refractivity contribution in [3.63, 3.8) is 0 Å². The largest absolute Gasteiger partial charge is 0.481 e. The fraction of sp³-hybridized carbons (Fsp3) is 0.364. The molecule has 1 atom stereocenters. The van der Waals surface area contributed by atoms with E-state index in [0.717, 1.165) is 24.3 Å². The summed E-state index contributed by atoms with van der Waals surface area (Å²) in [6.45, 7) is -3.08. The average molecular weight is 284 g/mol. The van der Waals surface area contributed by atoms with Gasteiger partial charge in [0.2, 0.25) is 0 Å². The fourth-order valence-electron chi connectivity index (χ4n) is 1.48. The molecule has 0 saturated carbocycles. The van der Waals surface area contributed by atoms with Crippen LogP contribution >= 0.6 is 0 Å². The Kier molecular flexibility index (Phi) is 4.68. The summed E-state index contributed by atoms with van der Waals surface area (Å²) in [5.74, 6) is -4.09. The van der Waals surface area contributed by atoms with Gasteiger partial charge in [-0.1, -0.05) is 12.1 Å². The highest BCUT2D eigenvalue weighted by atomic mass is 19.4. The molecule has 8 heteroatoms. The average Bonchev–Trinajstić information content (AvgIpc) is 2.25. The van der Waals surface area contributed by atoms with E-state index in [1.54, 1.807) is 0 Å². The van der Waals surface area contributed by atoms with Crippen molar-refractivity contribution in [2.45, 2.75) is 25.1 Å². The molecule has 0 aromatic heterocycles. The Morgan fingerprint density at radius 2 is 1.74 bits per heavy atom. The van der Waals surface area contributed by atoms with Crippen molar-refractivity contribution >= 4 is 5.97 Å². The zero-order chi connectivity index (χ0) is 14.6. The number of ether oxygens (including phenoxy) is 1. The van der Waals surface area contributed by atoms with Crippen LogP contribution in [0.5, 0.6) is 5.75 Å². The lowest BCUT2D eigenvalue weighted by Crippen LogP contribution is -2.23. The van der Waals surface area contributed by atoms with E-state index in [0.29, 0.717) is 0 Å². The summed E-state index contributed by atoms with van der Waals surface area (Å²) >= 11 is 0. The van der Waals surface area contributed by atoms with Crippen molar-refractivity contribution in [1.29, 1.82) is 0 Å². The number of hydrogen-bond acceptors (Lipinski definition) is 2. The molecule has 0 bridgehead atoms. The maximum absolute atomic E-state index is 12.7. The molecule has 0 aliphatic carbocycles. The number of hydrogen-bond donors (Lipinski definition) is 1. The summed E-state index contributed by atoms with van der Waals surface area (Å²) in [5, 5.41) is 8.46. The number of carboxylic acid groups (broad SMARTS) is 1. The third-order valence-corrected chi connectivity index (χ3v) is 2.28. The van der Waals surface area contributed by atoms with Crippen LogP contribution in [-0.2, 0) is 4.79 Å². The Balaban J connectivity index is 2.94. The lowest BCUT2D eigenvalue weighted by Gasteiger charge is -2.19. The van der Waals surface area contributed by atoms with Crippen LogP contribution in [0.4, 0.5) is 22.0 Å². The monoisotopic (exact) mass is 284 g/mol. The molecule has 0 amide bonds. The predicted octanol–water partition coefficient (Wildman–Crippen LogP) is 3.41. The molecule has 0 aliphatic heterocycles. The second-order valence-corrected chi connectivity index (χ2v) is 3.64. The molecular formula is C11H9F5O3. The van der Waals surface area contributed by atoms with Gasteiger partial charge in [-0.05, 0) is 17.7 Å². The maximum atomic E-state index is 12.7. The molecule has 0 spiro atoms. The zero-order valence-corrected chi connectivity index (χ0v) is 9.32. The molecule has 1 rings (SSSR count). The fourth-order valence-corrected chi connectivity index (χ4v) is 1.48. The van der Waals surface area contributed by atoms with Crippen molar-refractivity contribution < 1.29 is 36.6 Å². The summed E-state index contributed by atoms with van der Waals surface area (Å²) in [5.41, 5.74) is -0.323. The highest BCUT2D eigenvalue weighted by Crippen LogP contribution is 2.37. The van der Waals surface area contributed by atoms with Crippen LogP contribution in [0.3, 0.4) is 0 Å². The first kappa shape index (κ1) is 15.2. The smallest absolute Gasteiger partial charge is 0.396 e. The Morgan fingerprint density at radius 1 is 1.21 bits per heavy atom. The first-order chi connectivity index (χ1) is 8.70. The summed E-state index contributed by atoms with van der Waals surface area (Å²) in [7, 11) is 0. The number of rotatable bonds is 5. The lowest BCUT2D eigenvalue weighted by molar-refractivity contribution is -0.163. The minimum absolute atomic E-state index is 0.296. The molecule has 1 N–H and O–H groups in total. The molecule has 0 heterocycles. The van der Waals surface area contributed by atoms with Gasteiger partial charge in [0.15, 0.2) is 0 Å². The van der Waals surface area contributed by atoms with Gasteiger partial charge in [-0.2, -0.15) is 22.0 Å². The normalized spacial score (nSPS) is 13.4. The SMILES string of the molecule is O=C(O)CC(c1ccc(OC(F)F)cc1)C(F)(F)F. The van der Waals surface area contributed by atoms with Crippen molar-refractivity contribution in [3.05, 3.63) is 29.8 Å². The third kappa shape index (κ3) is 4.72. The van der Waals surface area contributed by atoms with E-state index in [-0.39, 0.29) is 11.3 Å². The summed E-state index contributed by atoms with van der Waals surface area (Å²) in [4.78, 5) is 10.4. The van der Waals surface area contributed by atoms with Crippen LogP contribution in [-0.4, -0.2) is 23.9 Å². The Labute approximate surface area is 104 Å². The van der Waals surface area contributed by atoms with E-state index in [2.05, 4.69) is 4.74 Å². The minimum Gasteiger partial charge on any atom is -0.481 e. The van der Waals surface area contributed by atoms with Crippen LogP contribution in [0.15, 0.2) is 24.3 Å². The van der Waals surface area contributed by atoms with Crippen LogP contribution in [0.2, 0.25) is 0 Å². The summed E-state index contributed by atoms with van der Waals surface area (Å²) in [6.07, 6.45) is -5.86. The quantitative estimate of drug-likeness (QED) is 0.843. The van der Waals surface area contributed by atoms with Crippen molar-refractivity contribution in [3.8, 4) is 5.75 Å². The van der Waals surface area contributed by atoms with Gasteiger partial charge < -0.3 is 9.84 Å². The Hall–Kier alpha value is -1.86. The second kappa shape index (κ2) is 5.85. The number of halogens is 5. The molecule has 1 aromatic rings. The van der Waals surface area contributed by atoms with Gasteiger partial charge in [0.1, 0.15) is 5.75 Å². The second-order valence-electron chi connectivity index (χ2n) is 3.64. The molecule has 106 valence electrons. The van der Waals surface area contributed by atoms with Crippen LogP contribution in [0, 0.1) is 0 Å². The van der Waals surface area contributed by atoms with Crippen LogP contribution in [0.25, 0.3) is 0 Å².